The predicted octanol–water partition coefficient (Wildman–Crippen LogP) is 4.55. The number of hydrogen-bond acceptors (Lipinski definition) is 5. The molecule has 2 aromatic heterocycles. The molecular formula is C19H19FN4OS. The van der Waals surface area contributed by atoms with Crippen LogP contribution in [-0.2, 0) is 6.54 Å². The molecule has 0 fully saturated rings. The molecule has 3 aromatic rings. The number of nitrogens with zero attached hydrogens (tertiary/aromatic N) is 4. The molecule has 0 aliphatic rings. The number of oxime groups is 1. The number of aromatic nitrogens is 3. The lowest BCUT2D eigenvalue weighted by atomic mass is 10.1. The van der Waals surface area contributed by atoms with Crippen LogP contribution in [0.25, 0.3) is 0 Å². The van der Waals surface area contributed by atoms with E-state index in [2.05, 4.69) is 15.1 Å². The molecule has 0 saturated carbocycles. The van der Waals surface area contributed by atoms with Gasteiger partial charge in [-0.05, 0) is 35.7 Å². The van der Waals surface area contributed by atoms with Gasteiger partial charge in [0, 0.05) is 17.3 Å². The van der Waals surface area contributed by atoms with Crippen LogP contribution in [0.5, 0.6) is 0 Å². The number of hydrogen-bond donors (Lipinski definition) is 1. The summed E-state index contributed by atoms with van der Waals surface area (Å²) in [6.07, 6.45) is 4.82. The van der Waals surface area contributed by atoms with E-state index < -0.39 is 0 Å². The minimum atomic E-state index is -0.281. The van der Waals surface area contributed by atoms with Crippen molar-refractivity contribution in [3.8, 4) is 0 Å². The molecule has 3 rings (SSSR count). The monoisotopic (exact) mass is 370 g/mol. The minimum absolute atomic E-state index is 0.159. The van der Waals surface area contributed by atoms with Gasteiger partial charge in [-0.15, -0.1) is 0 Å². The Morgan fingerprint density at radius 1 is 1.31 bits per heavy atom. The Bertz CT molecular complexity index is 909. The number of benzene rings is 1. The quantitative estimate of drug-likeness (QED) is 0.393. The zero-order valence-corrected chi connectivity index (χ0v) is 15.3. The van der Waals surface area contributed by atoms with Gasteiger partial charge in [0.1, 0.15) is 17.1 Å². The number of rotatable bonds is 6. The minimum Gasteiger partial charge on any atom is -0.411 e. The van der Waals surface area contributed by atoms with Crippen molar-refractivity contribution in [1.82, 2.24) is 14.5 Å². The molecule has 0 amide bonds. The summed E-state index contributed by atoms with van der Waals surface area (Å²) in [5, 5.41) is 13.1. The van der Waals surface area contributed by atoms with E-state index in [1.165, 1.54) is 30.1 Å². The van der Waals surface area contributed by atoms with Crippen molar-refractivity contribution in [1.29, 1.82) is 0 Å². The summed E-state index contributed by atoms with van der Waals surface area (Å²) in [4.78, 5) is 9.57. The van der Waals surface area contributed by atoms with Crippen LogP contribution < -0.4 is 0 Å². The fourth-order valence-corrected chi connectivity index (χ4v) is 3.77. The average Bonchev–Trinajstić information content (AvgIpc) is 2.94. The highest BCUT2D eigenvalue weighted by molar-refractivity contribution is 7.99. The molecule has 0 atom stereocenters. The van der Waals surface area contributed by atoms with Crippen molar-refractivity contribution in [3.05, 3.63) is 71.7 Å². The van der Waals surface area contributed by atoms with Gasteiger partial charge in [-0.2, -0.15) is 0 Å². The molecule has 0 spiro atoms. The van der Waals surface area contributed by atoms with Crippen LogP contribution >= 0.6 is 11.8 Å². The normalized spacial score (nSPS) is 11.5. The molecule has 0 bridgehead atoms. The van der Waals surface area contributed by atoms with Gasteiger partial charge in [0.2, 0.25) is 0 Å². The molecular weight excluding hydrogens is 351 g/mol. The molecule has 0 aliphatic carbocycles. The standard InChI is InChI=1S/C19H19FN4OS/c1-13(2)18-19(26-16-7-3-6-15(20)9-16)24(17(23-18)11-22-25)12-14-5-4-8-21-10-14/h3-11,13,25H,12H2,1-2H3/b22-11+. The van der Waals surface area contributed by atoms with Gasteiger partial charge in [-0.1, -0.05) is 42.9 Å². The Balaban J connectivity index is 2.09. The lowest BCUT2D eigenvalue weighted by Gasteiger charge is -2.12. The van der Waals surface area contributed by atoms with Crippen molar-refractivity contribution in [2.45, 2.75) is 36.2 Å². The largest absolute Gasteiger partial charge is 0.411 e. The molecule has 0 aliphatic heterocycles. The Kier molecular flexibility index (Phi) is 5.68. The van der Waals surface area contributed by atoms with E-state index in [1.54, 1.807) is 18.5 Å². The van der Waals surface area contributed by atoms with Crippen LogP contribution in [0, 0.1) is 5.82 Å². The summed E-state index contributed by atoms with van der Waals surface area (Å²) in [7, 11) is 0. The molecule has 26 heavy (non-hydrogen) atoms. The van der Waals surface area contributed by atoms with Crippen molar-refractivity contribution in [3.63, 3.8) is 0 Å². The highest BCUT2D eigenvalue weighted by Gasteiger charge is 2.20. The first-order chi connectivity index (χ1) is 12.6. The predicted molar refractivity (Wildman–Crippen MR) is 99.6 cm³/mol. The second-order valence-corrected chi connectivity index (χ2v) is 7.13. The summed E-state index contributed by atoms with van der Waals surface area (Å²) in [5.41, 5.74) is 1.87. The maximum atomic E-state index is 13.6. The number of imidazole rings is 1. The molecule has 0 saturated heterocycles. The lowest BCUT2D eigenvalue weighted by molar-refractivity contribution is 0.321. The van der Waals surface area contributed by atoms with E-state index >= 15 is 0 Å². The molecule has 0 radical (unpaired) electrons. The van der Waals surface area contributed by atoms with Gasteiger partial charge in [0.25, 0.3) is 0 Å². The summed E-state index contributed by atoms with van der Waals surface area (Å²) >= 11 is 1.45. The van der Waals surface area contributed by atoms with E-state index in [0.717, 1.165) is 21.2 Å². The van der Waals surface area contributed by atoms with Crippen molar-refractivity contribution in [2.75, 3.05) is 0 Å². The molecule has 0 unspecified atom stereocenters. The molecule has 134 valence electrons. The molecule has 1 aromatic carbocycles. The van der Waals surface area contributed by atoms with Crippen molar-refractivity contribution in [2.24, 2.45) is 5.16 Å². The maximum absolute atomic E-state index is 13.6. The number of pyridine rings is 1. The van der Waals surface area contributed by atoms with Crippen LogP contribution in [-0.4, -0.2) is 26.0 Å². The van der Waals surface area contributed by atoms with Crippen LogP contribution in [0.15, 0.2) is 63.9 Å². The van der Waals surface area contributed by atoms with Gasteiger partial charge >= 0.3 is 0 Å². The van der Waals surface area contributed by atoms with E-state index in [9.17, 15) is 4.39 Å². The molecule has 2 heterocycles. The average molecular weight is 370 g/mol. The van der Waals surface area contributed by atoms with Gasteiger partial charge in [-0.3, -0.25) is 4.98 Å². The SMILES string of the molecule is CC(C)c1nc(/C=N/O)n(Cc2cccnc2)c1Sc1cccc(F)c1. The van der Waals surface area contributed by atoms with Crippen LogP contribution in [0.2, 0.25) is 0 Å². The zero-order chi connectivity index (χ0) is 18.5. The highest BCUT2D eigenvalue weighted by Crippen LogP contribution is 2.35. The van der Waals surface area contributed by atoms with Crippen LogP contribution in [0.3, 0.4) is 0 Å². The fraction of sp³-hybridized carbons (Fsp3) is 0.211. The zero-order valence-electron chi connectivity index (χ0n) is 14.5. The van der Waals surface area contributed by atoms with Gasteiger partial charge in [-0.25, -0.2) is 9.37 Å². The Hall–Kier alpha value is -2.67. The third kappa shape index (κ3) is 4.11. The second-order valence-electron chi connectivity index (χ2n) is 6.07. The maximum Gasteiger partial charge on any atom is 0.156 e. The number of halogens is 1. The molecule has 1 N–H and O–H groups in total. The van der Waals surface area contributed by atoms with E-state index in [1.807, 2.05) is 36.6 Å². The van der Waals surface area contributed by atoms with Gasteiger partial charge in [0.15, 0.2) is 5.82 Å². The molecule has 7 heteroatoms. The summed E-state index contributed by atoms with van der Waals surface area (Å²) in [6, 6.07) is 10.3. The summed E-state index contributed by atoms with van der Waals surface area (Å²) < 4.78 is 15.6. The molecule has 5 nitrogen and oxygen atoms in total. The van der Waals surface area contributed by atoms with E-state index in [0.29, 0.717) is 12.4 Å². The van der Waals surface area contributed by atoms with E-state index in [4.69, 9.17) is 5.21 Å². The van der Waals surface area contributed by atoms with Gasteiger partial charge in [0.05, 0.1) is 12.2 Å². The highest BCUT2D eigenvalue weighted by atomic mass is 32.2. The van der Waals surface area contributed by atoms with Gasteiger partial charge < -0.3 is 9.77 Å². The first-order valence-electron chi connectivity index (χ1n) is 8.18. The van der Waals surface area contributed by atoms with Crippen molar-refractivity contribution >= 4 is 18.0 Å². The topological polar surface area (TPSA) is 63.3 Å². The van der Waals surface area contributed by atoms with Crippen LogP contribution in [0.4, 0.5) is 4.39 Å². The first kappa shape index (κ1) is 18.1. The lowest BCUT2D eigenvalue weighted by Crippen LogP contribution is -2.06. The van der Waals surface area contributed by atoms with E-state index in [-0.39, 0.29) is 11.7 Å². The summed E-state index contributed by atoms with van der Waals surface area (Å²) in [5.74, 6) is 0.419. The fourth-order valence-electron chi connectivity index (χ4n) is 2.58. The third-order valence-corrected chi connectivity index (χ3v) is 4.88. The Morgan fingerprint density at radius 2 is 2.15 bits per heavy atom. The Labute approximate surface area is 155 Å². The Morgan fingerprint density at radius 3 is 2.81 bits per heavy atom. The first-order valence-corrected chi connectivity index (χ1v) is 9.00. The van der Waals surface area contributed by atoms with Crippen LogP contribution in [0.1, 0.15) is 36.8 Å². The smallest absolute Gasteiger partial charge is 0.156 e. The third-order valence-electron chi connectivity index (χ3n) is 3.77. The summed E-state index contributed by atoms with van der Waals surface area (Å²) in [6.45, 7) is 4.62. The van der Waals surface area contributed by atoms with Crippen molar-refractivity contribution < 1.29 is 9.60 Å². The second kappa shape index (κ2) is 8.14.